The van der Waals surface area contributed by atoms with E-state index in [1.165, 1.54) is 6.20 Å². The van der Waals surface area contributed by atoms with Crippen LogP contribution in [0.25, 0.3) is 0 Å². The van der Waals surface area contributed by atoms with Gasteiger partial charge in [-0.2, -0.15) is 5.26 Å². The molecular formula is C14H12N4O. The Hall–Kier alpha value is -2.87. The van der Waals surface area contributed by atoms with Gasteiger partial charge >= 0.3 is 0 Å². The molecule has 94 valence electrons. The molecule has 0 fully saturated rings. The molecule has 5 heteroatoms. The molecule has 1 aromatic carbocycles. The number of benzene rings is 1. The van der Waals surface area contributed by atoms with E-state index in [0.717, 1.165) is 0 Å². The Bertz CT molecular complexity index is 611. The van der Waals surface area contributed by atoms with E-state index in [0.29, 0.717) is 22.6 Å². The Morgan fingerprint density at radius 1 is 1.21 bits per heavy atom. The molecule has 5 nitrogen and oxygen atoms in total. The zero-order chi connectivity index (χ0) is 13.7. The lowest BCUT2D eigenvalue weighted by molar-refractivity contribution is 0.102. The maximum absolute atomic E-state index is 11.9. The minimum atomic E-state index is -0.236. The van der Waals surface area contributed by atoms with Crippen LogP contribution in [0.1, 0.15) is 15.9 Å². The highest BCUT2D eigenvalue weighted by Gasteiger charge is 2.06. The predicted molar refractivity (Wildman–Crippen MR) is 72.9 cm³/mol. The molecule has 19 heavy (non-hydrogen) atoms. The third kappa shape index (κ3) is 3.07. The van der Waals surface area contributed by atoms with E-state index in [1.54, 1.807) is 43.4 Å². The molecule has 2 N–H and O–H groups in total. The smallest absolute Gasteiger partial charge is 0.257 e. The molecule has 0 radical (unpaired) electrons. The zero-order valence-electron chi connectivity index (χ0n) is 10.3. The number of carbonyl (C=O) groups excluding carboxylic acids is 1. The highest BCUT2D eigenvalue weighted by molar-refractivity contribution is 6.04. The van der Waals surface area contributed by atoms with Crippen LogP contribution in [0, 0.1) is 11.3 Å². The first kappa shape index (κ1) is 12.6. The van der Waals surface area contributed by atoms with Crippen molar-refractivity contribution in [3.05, 3.63) is 53.7 Å². The lowest BCUT2D eigenvalue weighted by Crippen LogP contribution is -2.12. The number of anilines is 2. The van der Waals surface area contributed by atoms with Crippen molar-refractivity contribution in [1.29, 1.82) is 5.26 Å². The molecule has 0 bridgehead atoms. The van der Waals surface area contributed by atoms with Crippen molar-refractivity contribution in [2.75, 3.05) is 17.7 Å². The van der Waals surface area contributed by atoms with E-state index >= 15 is 0 Å². The van der Waals surface area contributed by atoms with Crippen LogP contribution in [-0.4, -0.2) is 17.9 Å². The molecule has 0 aliphatic carbocycles. The van der Waals surface area contributed by atoms with Crippen molar-refractivity contribution >= 4 is 17.4 Å². The molecule has 0 aliphatic rings. The van der Waals surface area contributed by atoms with Gasteiger partial charge in [-0.05, 0) is 36.4 Å². The molecule has 0 saturated heterocycles. The average molecular weight is 252 g/mol. The second-order valence-electron chi connectivity index (χ2n) is 3.83. The van der Waals surface area contributed by atoms with Crippen LogP contribution >= 0.6 is 0 Å². The highest BCUT2D eigenvalue weighted by atomic mass is 16.1. The summed E-state index contributed by atoms with van der Waals surface area (Å²) in [6.07, 6.45) is 1.50. The fourth-order valence-corrected chi connectivity index (χ4v) is 1.51. The van der Waals surface area contributed by atoms with Gasteiger partial charge < -0.3 is 10.6 Å². The van der Waals surface area contributed by atoms with Gasteiger partial charge in [-0.25, -0.2) is 4.98 Å². The normalized spacial score (nSPS) is 9.47. The Morgan fingerprint density at radius 3 is 2.47 bits per heavy atom. The summed E-state index contributed by atoms with van der Waals surface area (Å²) in [4.78, 5) is 16.0. The van der Waals surface area contributed by atoms with Crippen LogP contribution in [0.5, 0.6) is 0 Å². The van der Waals surface area contributed by atoms with Crippen LogP contribution in [0.3, 0.4) is 0 Å². The molecule has 2 aromatic rings. The fourth-order valence-electron chi connectivity index (χ4n) is 1.51. The van der Waals surface area contributed by atoms with E-state index in [4.69, 9.17) is 5.26 Å². The van der Waals surface area contributed by atoms with Crippen molar-refractivity contribution in [3.63, 3.8) is 0 Å². The van der Waals surface area contributed by atoms with Crippen molar-refractivity contribution in [3.8, 4) is 6.07 Å². The number of carbonyl (C=O) groups is 1. The number of amides is 1. The third-order valence-corrected chi connectivity index (χ3v) is 2.55. The standard InChI is InChI=1S/C14H12N4O/c1-16-13-7-4-11(9-17-13)14(19)18-12-5-2-10(8-15)3-6-12/h2-7,9H,1H3,(H,16,17)(H,18,19). The number of hydrogen-bond donors (Lipinski definition) is 2. The van der Waals surface area contributed by atoms with Crippen molar-refractivity contribution in [2.24, 2.45) is 0 Å². The van der Waals surface area contributed by atoms with Crippen LogP contribution in [0.2, 0.25) is 0 Å². The lowest BCUT2D eigenvalue weighted by atomic mass is 10.2. The number of nitriles is 1. The van der Waals surface area contributed by atoms with Gasteiger partial charge in [0.25, 0.3) is 5.91 Å². The summed E-state index contributed by atoms with van der Waals surface area (Å²) in [5.41, 5.74) is 1.67. The molecule has 1 heterocycles. The molecular weight excluding hydrogens is 240 g/mol. The minimum Gasteiger partial charge on any atom is -0.373 e. The second kappa shape index (κ2) is 5.65. The number of aromatic nitrogens is 1. The minimum absolute atomic E-state index is 0.236. The van der Waals surface area contributed by atoms with Gasteiger partial charge in [0.15, 0.2) is 0 Å². The molecule has 2 rings (SSSR count). The number of nitrogens with one attached hydrogen (secondary N) is 2. The number of pyridine rings is 1. The molecule has 0 saturated carbocycles. The molecule has 0 aliphatic heterocycles. The number of hydrogen-bond acceptors (Lipinski definition) is 4. The topological polar surface area (TPSA) is 77.8 Å². The maximum atomic E-state index is 11.9. The van der Waals surface area contributed by atoms with Gasteiger partial charge in [0, 0.05) is 18.9 Å². The second-order valence-corrected chi connectivity index (χ2v) is 3.83. The Labute approximate surface area is 110 Å². The van der Waals surface area contributed by atoms with Gasteiger partial charge in [0.05, 0.1) is 17.2 Å². The number of nitrogens with zero attached hydrogens (tertiary/aromatic N) is 2. The van der Waals surface area contributed by atoms with E-state index in [-0.39, 0.29) is 5.91 Å². The van der Waals surface area contributed by atoms with Gasteiger partial charge in [-0.1, -0.05) is 0 Å². The predicted octanol–water partition coefficient (Wildman–Crippen LogP) is 2.25. The SMILES string of the molecule is CNc1ccc(C(=O)Nc2ccc(C#N)cc2)cn1. The Morgan fingerprint density at radius 2 is 1.95 bits per heavy atom. The summed E-state index contributed by atoms with van der Waals surface area (Å²) in [5.74, 6) is 0.467. The van der Waals surface area contributed by atoms with Crippen LogP contribution < -0.4 is 10.6 Å². The first-order valence-electron chi connectivity index (χ1n) is 5.68. The highest BCUT2D eigenvalue weighted by Crippen LogP contribution is 2.11. The summed E-state index contributed by atoms with van der Waals surface area (Å²) in [5, 5.41) is 14.3. The maximum Gasteiger partial charge on any atom is 0.257 e. The van der Waals surface area contributed by atoms with Gasteiger partial charge in [0.2, 0.25) is 0 Å². The first-order chi connectivity index (χ1) is 9.22. The summed E-state index contributed by atoms with van der Waals surface area (Å²) in [7, 11) is 1.76. The first-order valence-corrected chi connectivity index (χ1v) is 5.68. The van der Waals surface area contributed by atoms with E-state index in [9.17, 15) is 4.79 Å². The summed E-state index contributed by atoms with van der Waals surface area (Å²) in [6, 6.07) is 12.1. The molecule has 1 amide bonds. The average Bonchev–Trinajstić information content (AvgIpc) is 2.48. The monoisotopic (exact) mass is 252 g/mol. The summed E-state index contributed by atoms with van der Waals surface area (Å²) < 4.78 is 0. The third-order valence-electron chi connectivity index (χ3n) is 2.55. The molecule has 1 aromatic heterocycles. The molecule has 0 atom stereocenters. The van der Waals surface area contributed by atoms with Crippen molar-refractivity contribution < 1.29 is 4.79 Å². The van der Waals surface area contributed by atoms with E-state index in [2.05, 4.69) is 15.6 Å². The fraction of sp³-hybridized carbons (Fsp3) is 0.0714. The van der Waals surface area contributed by atoms with Crippen LogP contribution in [0.4, 0.5) is 11.5 Å². The Balaban J connectivity index is 2.09. The van der Waals surface area contributed by atoms with Crippen LogP contribution in [-0.2, 0) is 0 Å². The van der Waals surface area contributed by atoms with E-state index in [1.807, 2.05) is 6.07 Å². The lowest BCUT2D eigenvalue weighted by Gasteiger charge is -2.05. The van der Waals surface area contributed by atoms with Gasteiger partial charge in [0.1, 0.15) is 5.82 Å². The Kier molecular flexibility index (Phi) is 3.74. The van der Waals surface area contributed by atoms with Crippen molar-refractivity contribution in [1.82, 2.24) is 4.98 Å². The van der Waals surface area contributed by atoms with Gasteiger partial charge in [-0.3, -0.25) is 4.79 Å². The quantitative estimate of drug-likeness (QED) is 0.878. The van der Waals surface area contributed by atoms with Gasteiger partial charge in [-0.15, -0.1) is 0 Å². The number of rotatable bonds is 3. The zero-order valence-corrected chi connectivity index (χ0v) is 10.3. The molecule has 0 unspecified atom stereocenters. The van der Waals surface area contributed by atoms with E-state index < -0.39 is 0 Å². The van der Waals surface area contributed by atoms with Crippen LogP contribution in [0.15, 0.2) is 42.6 Å². The van der Waals surface area contributed by atoms with Crippen molar-refractivity contribution in [2.45, 2.75) is 0 Å². The largest absolute Gasteiger partial charge is 0.373 e. The molecule has 0 spiro atoms. The summed E-state index contributed by atoms with van der Waals surface area (Å²) in [6.45, 7) is 0. The summed E-state index contributed by atoms with van der Waals surface area (Å²) >= 11 is 0.